The molecule has 0 aromatic heterocycles. The van der Waals surface area contributed by atoms with E-state index in [9.17, 15) is 8.42 Å². The lowest BCUT2D eigenvalue weighted by Crippen LogP contribution is -2.27. The molecule has 21 heavy (non-hydrogen) atoms. The molecule has 0 amide bonds. The van der Waals surface area contributed by atoms with Crippen LogP contribution in [-0.4, -0.2) is 21.0 Å². The van der Waals surface area contributed by atoms with Crippen molar-refractivity contribution >= 4 is 21.6 Å². The molecule has 1 fully saturated rings. The first-order valence-electron chi connectivity index (χ1n) is 7.49. The van der Waals surface area contributed by atoms with Gasteiger partial charge in [0.1, 0.15) is 4.90 Å². The number of benzene rings is 1. The number of nitrogens with one attached hydrogen (secondary N) is 2. The second-order valence-electron chi connectivity index (χ2n) is 5.57. The van der Waals surface area contributed by atoms with Crippen molar-refractivity contribution in [2.24, 2.45) is 5.92 Å². The van der Waals surface area contributed by atoms with Gasteiger partial charge < -0.3 is 5.32 Å². The lowest BCUT2D eigenvalue weighted by Gasteiger charge is -2.10. The molecule has 4 nitrogen and oxygen atoms in total. The summed E-state index contributed by atoms with van der Waals surface area (Å²) in [5.74, 6) is 0.466. The molecule has 0 radical (unpaired) electrons. The van der Waals surface area contributed by atoms with Crippen molar-refractivity contribution in [3.8, 4) is 0 Å². The monoisotopic (exact) mass is 330 g/mol. The predicted octanol–water partition coefficient (Wildman–Crippen LogP) is 2.92. The van der Waals surface area contributed by atoms with Crippen molar-refractivity contribution in [1.82, 2.24) is 10.0 Å². The maximum absolute atomic E-state index is 12.4. The molecule has 0 heterocycles. The molecule has 1 saturated carbocycles. The summed E-state index contributed by atoms with van der Waals surface area (Å²) in [7, 11) is -3.53. The normalized spacial score (nSPS) is 21.5. The molecular weight excluding hydrogens is 308 g/mol. The molecule has 1 aromatic carbocycles. The van der Waals surface area contributed by atoms with Gasteiger partial charge in [-0.1, -0.05) is 37.9 Å². The Bertz CT molecular complexity index is 589. The fraction of sp³-hybridized carbons (Fsp3) is 0.600. The summed E-state index contributed by atoms with van der Waals surface area (Å²) in [6.07, 6.45) is 2.97. The van der Waals surface area contributed by atoms with Crippen LogP contribution in [-0.2, 0) is 16.6 Å². The van der Waals surface area contributed by atoms with Gasteiger partial charge in [0, 0.05) is 12.6 Å². The van der Waals surface area contributed by atoms with E-state index in [1.165, 1.54) is 0 Å². The Kier molecular flexibility index (Phi) is 5.66. The summed E-state index contributed by atoms with van der Waals surface area (Å²) < 4.78 is 27.6. The van der Waals surface area contributed by atoms with Gasteiger partial charge in [0.05, 0.1) is 5.02 Å². The SMILES string of the molecule is CCCNCc1ccc(Cl)c(S(=O)(=O)NC2CC2CC)c1. The van der Waals surface area contributed by atoms with Crippen molar-refractivity contribution < 1.29 is 8.42 Å². The molecule has 1 aliphatic carbocycles. The summed E-state index contributed by atoms with van der Waals surface area (Å²) in [6.45, 7) is 5.72. The largest absolute Gasteiger partial charge is 0.313 e. The third-order valence-electron chi connectivity index (χ3n) is 3.79. The summed E-state index contributed by atoms with van der Waals surface area (Å²) >= 11 is 6.08. The minimum Gasteiger partial charge on any atom is -0.313 e. The zero-order valence-corrected chi connectivity index (χ0v) is 14.1. The molecule has 118 valence electrons. The average molecular weight is 331 g/mol. The first-order valence-corrected chi connectivity index (χ1v) is 9.35. The second-order valence-corrected chi connectivity index (χ2v) is 7.66. The predicted molar refractivity (Wildman–Crippen MR) is 86.0 cm³/mol. The fourth-order valence-corrected chi connectivity index (χ4v) is 4.25. The lowest BCUT2D eigenvalue weighted by molar-refractivity contribution is 0.575. The van der Waals surface area contributed by atoms with E-state index >= 15 is 0 Å². The highest BCUT2D eigenvalue weighted by molar-refractivity contribution is 7.89. The van der Waals surface area contributed by atoms with Crippen molar-refractivity contribution in [2.75, 3.05) is 6.54 Å². The van der Waals surface area contributed by atoms with Crippen LogP contribution in [0, 0.1) is 5.92 Å². The third-order valence-corrected chi connectivity index (χ3v) is 5.77. The van der Waals surface area contributed by atoms with E-state index in [0.29, 0.717) is 12.5 Å². The minimum absolute atomic E-state index is 0.0675. The lowest BCUT2D eigenvalue weighted by atomic mass is 10.2. The zero-order chi connectivity index (χ0) is 15.5. The van der Waals surface area contributed by atoms with E-state index in [1.54, 1.807) is 12.1 Å². The van der Waals surface area contributed by atoms with Crippen molar-refractivity contribution in [3.05, 3.63) is 28.8 Å². The molecule has 2 atom stereocenters. The van der Waals surface area contributed by atoms with Crippen LogP contribution >= 0.6 is 11.6 Å². The molecule has 0 saturated heterocycles. The molecule has 0 aliphatic heterocycles. The molecule has 0 bridgehead atoms. The van der Waals surface area contributed by atoms with Crippen LogP contribution in [0.5, 0.6) is 0 Å². The van der Waals surface area contributed by atoms with Crippen LogP contribution in [0.25, 0.3) is 0 Å². The maximum Gasteiger partial charge on any atom is 0.242 e. The first-order chi connectivity index (χ1) is 9.97. The standard InChI is InChI=1S/C15H23ClN2O2S/c1-3-7-17-10-11-5-6-13(16)15(8-11)21(19,20)18-14-9-12(14)4-2/h5-6,8,12,14,17-18H,3-4,7,9-10H2,1-2H3. The van der Waals surface area contributed by atoms with Gasteiger partial charge in [-0.15, -0.1) is 0 Å². The highest BCUT2D eigenvalue weighted by atomic mass is 35.5. The molecule has 1 aromatic rings. The number of hydrogen-bond donors (Lipinski definition) is 2. The van der Waals surface area contributed by atoms with Crippen LogP contribution in [0.1, 0.15) is 38.7 Å². The van der Waals surface area contributed by atoms with E-state index in [2.05, 4.69) is 23.9 Å². The molecule has 1 aliphatic rings. The Hall–Kier alpha value is -0.620. The molecule has 6 heteroatoms. The summed E-state index contributed by atoms with van der Waals surface area (Å²) in [5.41, 5.74) is 0.927. The Morgan fingerprint density at radius 2 is 2.10 bits per heavy atom. The third kappa shape index (κ3) is 4.42. The van der Waals surface area contributed by atoms with Gasteiger partial charge in [-0.2, -0.15) is 0 Å². The molecule has 0 spiro atoms. The molecule has 2 rings (SSSR count). The summed E-state index contributed by atoms with van der Waals surface area (Å²) in [4.78, 5) is 0.182. The number of halogens is 1. The van der Waals surface area contributed by atoms with Crippen LogP contribution in [0.4, 0.5) is 0 Å². The topological polar surface area (TPSA) is 58.2 Å². The van der Waals surface area contributed by atoms with Gasteiger partial charge in [-0.3, -0.25) is 0 Å². The summed E-state index contributed by atoms with van der Waals surface area (Å²) in [6, 6.07) is 5.24. The first kappa shape index (κ1) is 16.7. The van der Waals surface area contributed by atoms with Crippen LogP contribution < -0.4 is 10.0 Å². The second kappa shape index (κ2) is 7.09. The molecule has 2 N–H and O–H groups in total. The number of hydrogen-bond acceptors (Lipinski definition) is 3. The van der Waals surface area contributed by atoms with Crippen LogP contribution in [0.2, 0.25) is 5.02 Å². The van der Waals surface area contributed by atoms with E-state index < -0.39 is 10.0 Å². The Labute approximate surface area is 132 Å². The van der Waals surface area contributed by atoms with E-state index in [-0.39, 0.29) is 16.0 Å². The smallest absolute Gasteiger partial charge is 0.242 e. The Morgan fingerprint density at radius 3 is 2.71 bits per heavy atom. The van der Waals surface area contributed by atoms with Crippen molar-refractivity contribution in [1.29, 1.82) is 0 Å². The van der Waals surface area contributed by atoms with E-state index in [0.717, 1.165) is 31.4 Å². The Morgan fingerprint density at radius 1 is 1.33 bits per heavy atom. The van der Waals surface area contributed by atoms with E-state index in [4.69, 9.17) is 11.6 Å². The summed E-state index contributed by atoms with van der Waals surface area (Å²) in [5, 5.41) is 3.53. The zero-order valence-electron chi connectivity index (χ0n) is 12.5. The molecule has 2 unspecified atom stereocenters. The average Bonchev–Trinajstić information content (AvgIpc) is 3.18. The van der Waals surface area contributed by atoms with E-state index in [1.807, 2.05) is 6.07 Å². The number of sulfonamides is 1. The fourth-order valence-electron chi connectivity index (χ4n) is 2.38. The maximum atomic E-state index is 12.4. The van der Waals surface area contributed by atoms with Gasteiger partial charge in [0.2, 0.25) is 10.0 Å². The molecular formula is C15H23ClN2O2S. The highest BCUT2D eigenvalue weighted by Gasteiger charge is 2.39. The van der Waals surface area contributed by atoms with Crippen LogP contribution in [0.15, 0.2) is 23.1 Å². The Balaban J connectivity index is 2.11. The van der Waals surface area contributed by atoms with Crippen molar-refractivity contribution in [3.63, 3.8) is 0 Å². The van der Waals surface area contributed by atoms with Gasteiger partial charge in [0.15, 0.2) is 0 Å². The van der Waals surface area contributed by atoms with Gasteiger partial charge in [0.25, 0.3) is 0 Å². The van der Waals surface area contributed by atoms with Gasteiger partial charge in [-0.05, 0) is 43.0 Å². The van der Waals surface area contributed by atoms with Crippen LogP contribution in [0.3, 0.4) is 0 Å². The van der Waals surface area contributed by atoms with Crippen molar-refractivity contribution in [2.45, 2.75) is 50.6 Å². The van der Waals surface area contributed by atoms with Gasteiger partial charge >= 0.3 is 0 Å². The minimum atomic E-state index is -3.53. The quantitative estimate of drug-likeness (QED) is 0.720. The van der Waals surface area contributed by atoms with Gasteiger partial charge in [-0.25, -0.2) is 13.1 Å². The number of rotatable bonds is 8. The highest BCUT2D eigenvalue weighted by Crippen LogP contribution is 2.35.